The van der Waals surface area contributed by atoms with Crippen molar-refractivity contribution >= 4 is 17.7 Å². The minimum Gasteiger partial charge on any atom is -0.494 e. The molecule has 0 aliphatic rings. The van der Waals surface area contributed by atoms with E-state index in [1.165, 1.54) is 22.0 Å². The zero-order valence-electron chi connectivity index (χ0n) is 13.8. The van der Waals surface area contributed by atoms with Gasteiger partial charge in [0, 0.05) is 18.7 Å². The number of nitrogens with one attached hydrogen (secondary N) is 1. The first-order valence-electron chi connectivity index (χ1n) is 7.69. The van der Waals surface area contributed by atoms with Crippen LogP contribution in [0.25, 0.3) is 0 Å². The predicted molar refractivity (Wildman–Crippen MR) is 89.1 cm³/mol. The number of ether oxygens (including phenoxy) is 1. The molecular weight excluding hydrogens is 310 g/mol. The fourth-order valence-corrected chi connectivity index (χ4v) is 2.09. The van der Waals surface area contributed by atoms with Crippen molar-refractivity contribution in [2.45, 2.75) is 33.2 Å². The smallest absolute Gasteiger partial charge is 0.325 e. The summed E-state index contributed by atoms with van der Waals surface area (Å²) in [5.41, 5.74) is 2.38. The van der Waals surface area contributed by atoms with Crippen LogP contribution in [0.3, 0.4) is 0 Å². The van der Waals surface area contributed by atoms with Gasteiger partial charge in [-0.25, -0.2) is 0 Å². The molecule has 1 heterocycles. The molecule has 7 heteroatoms. The van der Waals surface area contributed by atoms with E-state index >= 15 is 0 Å². The van der Waals surface area contributed by atoms with Gasteiger partial charge in [-0.3, -0.25) is 14.3 Å². The molecule has 2 N–H and O–H groups in total. The van der Waals surface area contributed by atoms with E-state index in [2.05, 4.69) is 10.4 Å². The van der Waals surface area contributed by atoms with Crippen molar-refractivity contribution < 1.29 is 19.4 Å². The summed E-state index contributed by atoms with van der Waals surface area (Å²) in [6.45, 7) is 4.28. The van der Waals surface area contributed by atoms with Gasteiger partial charge in [-0.15, -0.1) is 0 Å². The Hall–Kier alpha value is -2.83. The fourth-order valence-electron chi connectivity index (χ4n) is 2.09. The first-order valence-corrected chi connectivity index (χ1v) is 7.69. The number of benzene rings is 1. The minimum atomic E-state index is -0.987. The van der Waals surface area contributed by atoms with Crippen molar-refractivity contribution in [2.75, 3.05) is 11.9 Å². The topological polar surface area (TPSA) is 93.5 Å². The third-order valence-corrected chi connectivity index (χ3v) is 3.50. The van der Waals surface area contributed by atoms with Gasteiger partial charge in [-0.1, -0.05) is 6.07 Å². The van der Waals surface area contributed by atoms with Crippen LogP contribution in [-0.2, 0) is 16.1 Å². The molecule has 0 atom stereocenters. The molecule has 0 unspecified atom stereocenters. The number of anilines is 1. The Bertz CT molecular complexity index is 724. The van der Waals surface area contributed by atoms with E-state index in [4.69, 9.17) is 9.84 Å². The summed E-state index contributed by atoms with van der Waals surface area (Å²) in [7, 11) is 0. The van der Waals surface area contributed by atoms with Gasteiger partial charge >= 0.3 is 5.97 Å². The number of carboxylic acid groups (broad SMARTS) is 1. The highest BCUT2D eigenvalue weighted by molar-refractivity contribution is 5.89. The molecule has 0 radical (unpaired) electrons. The highest BCUT2D eigenvalue weighted by atomic mass is 16.5. The summed E-state index contributed by atoms with van der Waals surface area (Å²) in [4.78, 5) is 22.4. The number of amides is 1. The molecule has 1 amide bonds. The molecule has 0 aliphatic heterocycles. The summed E-state index contributed by atoms with van der Waals surface area (Å²) < 4.78 is 6.88. The number of hydrogen-bond acceptors (Lipinski definition) is 4. The van der Waals surface area contributed by atoms with E-state index in [9.17, 15) is 9.59 Å². The van der Waals surface area contributed by atoms with Crippen LogP contribution in [0.2, 0.25) is 0 Å². The molecule has 0 bridgehead atoms. The van der Waals surface area contributed by atoms with Gasteiger partial charge in [0.2, 0.25) is 5.91 Å². The second kappa shape index (κ2) is 8.14. The summed E-state index contributed by atoms with van der Waals surface area (Å²) in [6, 6.07) is 7.46. The lowest BCUT2D eigenvalue weighted by Crippen LogP contribution is -2.14. The van der Waals surface area contributed by atoms with Crippen LogP contribution in [0.15, 0.2) is 30.5 Å². The molecule has 24 heavy (non-hydrogen) atoms. The second-order valence-electron chi connectivity index (χ2n) is 5.54. The van der Waals surface area contributed by atoms with Crippen LogP contribution >= 0.6 is 0 Å². The van der Waals surface area contributed by atoms with Crippen LogP contribution in [0.4, 0.5) is 5.82 Å². The van der Waals surface area contributed by atoms with Crippen LogP contribution in [0.5, 0.6) is 5.75 Å². The van der Waals surface area contributed by atoms with Gasteiger partial charge in [-0.2, -0.15) is 5.10 Å². The van der Waals surface area contributed by atoms with Gasteiger partial charge in [0.25, 0.3) is 0 Å². The molecule has 0 saturated heterocycles. The van der Waals surface area contributed by atoms with Crippen LogP contribution in [0, 0.1) is 13.8 Å². The monoisotopic (exact) mass is 331 g/mol. The summed E-state index contributed by atoms with van der Waals surface area (Å²) >= 11 is 0. The molecule has 0 saturated carbocycles. The van der Waals surface area contributed by atoms with E-state index in [1.54, 1.807) is 6.07 Å². The lowest BCUT2D eigenvalue weighted by atomic mass is 10.1. The summed E-state index contributed by atoms with van der Waals surface area (Å²) in [5, 5.41) is 15.3. The zero-order chi connectivity index (χ0) is 17.5. The van der Waals surface area contributed by atoms with E-state index < -0.39 is 5.97 Å². The molecule has 0 spiro atoms. The highest BCUT2D eigenvalue weighted by Gasteiger charge is 2.07. The third kappa shape index (κ3) is 5.42. The average Bonchev–Trinajstić information content (AvgIpc) is 2.93. The molecule has 1 aromatic heterocycles. The Balaban J connectivity index is 1.70. The number of hydrogen-bond donors (Lipinski definition) is 2. The van der Waals surface area contributed by atoms with Crippen LogP contribution in [0.1, 0.15) is 24.0 Å². The minimum absolute atomic E-state index is 0.181. The number of aliphatic carboxylic acids is 1. The largest absolute Gasteiger partial charge is 0.494 e. The van der Waals surface area contributed by atoms with Crippen molar-refractivity contribution in [3.8, 4) is 5.75 Å². The Morgan fingerprint density at radius 3 is 2.75 bits per heavy atom. The molecule has 2 rings (SSSR count). The molecule has 0 aliphatic carbocycles. The molecule has 1 aromatic carbocycles. The summed E-state index contributed by atoms with van der Waals surface area (Å²) in [6.07, 6.45) is 2.39. The molecule has 2 aromatic rings. The standard InChI is InChI=1S/C17H21N3O4/c1-12-5-6-14(10-13(12)2)24-9-3-4-16(21)18-15-7-8-20(19-15)11-17(22)23/h5-8,10H,3-4,9,11H2,1-2H3,(H,22,23)(H,18,19,21). The Kier molecular flexibility index (Phi) is 5.95. The normalized spacial score (nSPS) is 10.4. The number of nitrogens with zero attached hydrogens (tertiary/aromatic N) is 2. The maximum absolute atomic E-state index is 11.8. The van der Waals surface area contributed by atoms with Gasteiger partial charge in [0.05, 0.1) is 6.61 Å². The maximum Gasteiger partial charge on any atom is 0.325 e. The van der Waals surface area contributed by atoms with Gasteiger partial charge in [-0.05, 0) is 43.5 Å². The Morgan fingerprint density at radius 1 is 1.25 bits per heavy atom. The molecule has 7 nitrogen and oxygen atoms in total. The Labute approximate surface area is 140 Å². The van der Waals surface area contributed by atoms with Crippen LogP contribution < -0.4 is 10.1 Å². The number of carbonyl (C=O) groups excluding carboxylic acids is 1. The van der Waals surface area contributed by atoms with Crippen LogP contribution in [-0.4, -0.2) is 33.4 Å². The fraction of sp³-hybridized carbons (Fsp3) is 0.353. The second-order valence-corrected chi connectivity index (χ2v) is 5.54. The zero-order valence-corrected chi connectivity index (χ0v) is 13.8. The first-order chi connectivity index (χ1) is 11.4. The Morgan fingerprint density at radius 2 is 2.04 bits per heavy atom. The van der Waals surface area contributed by atoms with Crippen molar-refractivity contribution in [2.24, 2.45) is 0 Å². The number of carbonyl (C=O) groups is 2. The number of aryl methyl sites for hydroxylation is 2. The number of aromatic nitrogens is 2. The van der Waals surface area contributed by atoms with Gasteiger partial charge in [0.15, 0.2) is 5.82 Å². The molecular formula is C17H21N3O4. The molecule has 0 fully saturated rings. The quantitative estimate of drug-likeness (QED) is 0.724. The van der Waals surface area contributed by atoms with E-state index in [1.807, 2.05) is 32.0 Å². The third-order valence-electron chi connectivity index (χ3n) is 3.50. The van der Waals surface area contributed by atoms with Crippen molar-refractivity contribution in [1.29, 1.82) is 0 Å². The van der Waals surface area contributed by atoms with Crippen molar-refractivity contribution in [1.82, 2.24) is 9.78 Å². The summed E-state index contributed by atoms with van der Waals surface area (Å²) in [5.74, 6) is -0.0269. The molecule has 128 valence electrons. The predicted octanol–water partition coefficient (Wildman–Crippen LogP) is 2.38. The first kappa shape index (κ1) is 17.5. The van der Waals surface area contributed by atoms with E-state index in [-0.39, 0.29) is 12.5 Å². The van der Waals surface area contributed by atoms with Gasteiger partial charge < -0.3 is 15.2 Å². The lowest BCUT2D eigenvalue weighted by molar-refractivity contribution is -0.137. The number of rotatable bonds is 8. The van der Waals surface area contributed by atoms with E-state index in [0.29, 0.717) is 25.3 Å². The van der Waals surface area contributed by atoms with E-state index in [0.717, 1.165) is 5.75 Å². The average molecular weight is 331 g/mol. The SMILES string of the molecule is Cc1ccc(OCCCC(=O)Nc2ccn(CC(=O)O)n2)cc1C. The highest BCUT2D eigenvalue weighted by Crippen LogP contribution is 2.16. The maximum atomic E-state index is 11.8. The number of carboxylic acids is 1. The van der Waals surface area contributed by atoms with Crippen molar-refractivity contribution in [3.05, 3.63) is 41.6 Å². The lowest BCUT2D eigenvalue weighted by Gasteiger charge is -2.08. The van der Waals surface area contributed by atoms with Crippen molar-refractivity contribution in [3.63, 3.8) is 0 Å². The van der Waals surface area contributed by atoms with Gasteiger partial charge in [0.1, 0.15) is 12.3 Å².